The number of halogens is 1. The number of sulfone groups is 1. The summed E-state index contributed by atoms with van der Waals surface area (Å²) in [6, 6.07) is 9.46. The van der Waals surface area contributed by atoms with Crippen molar-refractivity contribution < 1.29 is 8.42 Å². The summed E-state index contributed by atoms with van der Waals surface area (Å²) in [5.41, 5.74) is 6.16. The second-order valence-corrected chi connectivity index (χ2v) is 6.37. The Balaban J connectivity index is 2.50. The highest BCUT2D eigenvalue weighted by atomic mass is 35.5. The van der Waals surface area contributed by atoms with E-state index < -0.39 is 9.84 Å². The molecule has 1 aromatic heterocycles. The summed E-state index contributed by atoms with van der Waals surface area (Å²) < 4.78 is 24.8. The van der Waals surface area contributed by atoms with E-state index in [2.05, 4.69) is 4.98 Å². The number of rotatable bonds is 3. The Bertz CT molecular complexity index is 777. The van der Waals surface area contributed by atoms with Crippen LogP contribution in [-0.4, -0.2) is 13.4 Å². The van der Waals surface area contributed by atoms with Gasteiger partial charge < -0.3 is 5.73 Å². The standard InChI is InChI=1S/C13H10ClN3O2S/c14-10-4-1-5-11(16)13(10)20(18,19)8-9-3-2-6-17-12(9)7-15/h1-6H,8,16H2. The minimum absolute atomic E-state index is 0.0624. The zero-order valence-electron chi connectivity index (χ0n) is 10.2. The molecule has 7 heteroatoms. The Morgan fingerprint density at radius 1 is 1.30 bits per heavy atom. The van der Waals surface area contributed by atoms with Crippen LogP contribution in [0.1, 0.15) is 11.3 Å². The molecule has 0 aliphatic heterocycles. The number of benzene rings is 1. The second-order valence-electron chi connectivity index (χ2n) is 4.04. The summed E-state index contributed by atoms with van der Waals surface area (Å²) in [5, 5.41) is 9.00. The van der Waals surface area contributed by atoms with E-state index in [9.17, 15) is 8.42 Å². The summed E-state index contributed by atoms with van der Waals surface area (Å²) in [7, 11) is -3.76. The number of pyridine rings is 1. The molecule has 2 aromatic rings. The number of hydrogen-bond donors (Lipinski definition) is 1. The van der Waals surface area contributed by atoms with Crippen molar-refractivity contribution in [2.75, 3.05) is 5.73 Å². The number of aromatic nitrogens is 1. The van der Waals surface area contributed by atoms with E-state index in [4.69, 9.17) is 22.6 Å². The molecular formula is C13H10ClN3O2S. The van der Waals surface area contributed by atoms with Gasteiger partial charge in [-0.15, -0.1) is 0 Å². The molecule has 0 saturated heterocycles. The molecule has 0 atom stereocenters. The molecule has 102 valence electrons. The summed E-state index contributed by atoms with van der Waals surface area (Å²) in [4.78, 5) is 3.71. The first kappa shape index (κ1) is 14.3. The molecule has 1 aromatic carbocycles. The SMILES string of the molecule is N#Cc1ncccc1CS(=O)(=O)c1c(N)cccc1Cl. The molecule has 5 nitrogen and oxygen atoms in total. The van der Waals surface area contributed by atoms with Crippen LogP contribution in [0.2, 0.25) is 5.02 Å². The highest BCUT2D eigenvalue weighted by molar-refractivity contribution is 7.91. The zero-order chi connectivity index (χ0) is 14.8. The predicted octanol–water partition coefficient (Wildman–Crippen LogP) is 2.16. The first-order valence-electron chi connectivity index (χ1n) is 5.56. The molecule has 0 spiro atoms. The van der Waals surface area contributed by atoms with Crippen LogP contribution in [-0.2, 0) is 15.6 Å². The molecule has 1 heterocycles. The van der Waals surface area contributed by atoms with Crippen molar-refractivity contribution in [1.82, 2.24) is 4.98 Å². The van der Waals surface area contributed by atoms with Crippen LogP contribution in [0.4, 0.5) is 5.69 Å². The third-order valence-electron chi connectivity index (χ3n) is 2.65. The number of anilines is 1. The van der Waals surface area contributed by atoms with Crippen LogP contribution >= 0.6 is 11.6 Å². The fourth-order valence-electron chi connectivity index (χ4n) is 1.79. The maximum Gasteiger partial charge on any atom is 0.186 e. The molecule has 0 radical (unpaired) electrons. The highest BCUT2D eigenvalue weighted by Crippen LogP contribution is 2.30. The average Bonchev–Trinajstić information content (AvgIpc) is 2.38. The fraction of sp³-hybridized carbons (Fsp3) is 0.0769. The van der Waals surface area contributed by atoms with Crippen molar-refractivity contribution >= 4 is 27.1 Å². The molecule has 2 rings (SSSR count). The smallest absolute Gasteiger partial charge is 0.186 e. The quantitative estimate of drug-likeness (QED) is 0.876. The molecule has 0 amide bonds. The normalized spacial score (nSPS) is 11.0. The van der Waals surface area contributed by atoms with E-state index in [1.54, 1.807) is 12.1 Å². The minimum Gasteiger partial charge on any atom is -0.398 e. The third-order valence-corrected chi connectivity index (χ3v) is 4.85. The Morgan fingerprint density at radius 3 is 2.70 bits per heavy atom. The van der Waals surface area contributed by atoms with Crippen molar-refractivity contribution in [3.8, 4) is 6.07 Å². The van der Waals surface area contributed by atoms with Gasteiger partial charge in [-0.1, -0.05) is 23.7 Å². The van der Waals surface area contributed by atoms with Gasteiger partial charge in [-0.2, -0.15) is 5.26 Å². The summed E-state index contributed by atoms with van der Waals surface area (Å²) in [5.74, 6) is -0.377. The highest BCUT2D eigenvalue weighted by Gasteiger charge is 2.23. The lowest BCUT2D eigenvalue weighted by Crippen LogP contribution is -2.10. The van der Waals surface area contributed by atoms with E-state index in [0.29, 0.717) is 5.56 Å². The van der Waals surface area contributed by atoms with Gasteiger partial charge in [0.25, 0.3) is 0 Å². The van der Waals surface area contributed by atoms with Crippen molar-refractivity contribution in [2.24, 2.45) is 0 Å². The van der Waals surface area contributed by atoms with Gasteiger partial charge in [0.2, 0.25) is 0 Å². The maximum atomic E-state index is 12.4. The van der Waals surface area contributed by atoms with Gasteiger partial charge in [0.05, 0.1) is 16.5 Å². The molecule has 0 unspecified atom stereocenters. The molecule has 2 N–H and O–H groups in total. The van der Waals surface area contributed by atoms with Gasteiger partial charge in [-0.25, -0.2) is 13.4 Å². The average molecular weight is 308 g/mol. The van der Waals surface area contributed by atoms with Crippen molar-refractivity contribution in [3.63, 3.8) is 0 Å². The van der Waals surface area contributed by atoms with Gasteiger partial charge >= 0.3 is 0 Å². The van der Waals surface area contributed by atoms with Crippen LogP contribution in [0.15, 0.2) is 41.4 Å². The van der Waals surface area contributed by atoms with Crippen LogP contribution in [0.25, 0.3) is 0 Å². The largest absolute Gasteiger partial charge is 0.398 e. The monoisotopic (exact) mass is 307 g/mol. The molecule has 0 saturated carbocycles. The Kier molecular flexibility index (Phi) is 3.93. The number of nitrogens with two attached hydrogens (primary N) is 1. The number of nitrogens with zero attached hydrogens (tertiary/aromatic N) is 2. The Hall–Kier alpha value is -2.10. The van der Waals surface area contributed by atoms with Crippen LogP contribution in [0, 0.1) is 11.3 Å². The minimum atomic E-state index is -3.76. The van der Waals surface area contributed by atoms with Gasteiger partial charge in [-0.3, -0.25) is 0 Å². The van der Waals surface area contributed by atoms with E-state index in [1.165, 1.54) is 24.4 Å². The van der Waals surface area contributed by atoms with Gasteiger partial charge in [0.1, 0.15) is 16.7 Å². The molecule has 0 bridgehead atoms. The van der Waals surface area contributed by atoms with Crippen molar-refractivity contribution in [2.45, 2.75) is 10.6 Å². The maximum absolute atomic E-state index is 12.4. The van der Waals surface area contributed by atoms with Crippen LogP contribution in [0.3, 0.4) is 0 Å². The molecule has 0 aliphatic rings. The predicted molar refractivity (Wildman–Crippen MR) is 75.7 cm³/mol. The topological polar surface area (TPSA) is 96.8 Å². The first-order valence-corrected chi connectivity index (χ1v) is 7.59. The number of hydrogen-bond acceptors (Lipinski definition) is 5. The zero-order valence-corrected chi connectivity index (χ0v) is 11.8. The number of nitriles is 1. The van der Waals surface area contributed by atoms with E-state index >= 15 is 0 Å². The molecule has 0 aliphatic carbocycles. The van der Waals surface area contributed by atoms with Crippen molar-refractivity contribution in [3.05, 3.63) is 52.8 Å². The Labute approximate surface area is 121 Å². The Morgan fingerprint density at radius 2 is 2.05 bits per heavy atom. The summed E-state index contributed by atoms with van der Waals surface area (Å²) in [6.07, 6.45) is 1.43. The van der Waals surface area contributed by atoms with E-state index in [0.717, 1.165) is 0 Å². The van der Waals surface area contributed by atoms with E-state index in [-0.39, 0.29) is 27.1 Å². The second kappa shape index (κ2) is 5.49. The summed E-state index contributed by atoms with van der Waals surface area (Å²) in [6.45, 7) is 0. The van der Waals surface area contributed by atoms with Gasteiger partial charge in [0.15, 0.2) is 9.84 Å². The fourth-order valence-corrected chi connectivity index (χ4v) is 3.90. The molecule has 20 heavy (non-hydrogen) atoms. The van der Waals surface area contributed by atoms with Crippen LogP contribution in [0.5, 0.6) is 0 Å². The molecule has 0 fully saturated rings. The van der Waals surface area contributed by atoms with E-state index in [1.807, 2.05) is 6.07 Å². The lowest BCUT2D eigenvalue weighted by atomic mass is 10.2. The molecular weight excluding hydrogens is 298 g/mol. The lowest BCUT2D eigenvalue weighted by Gasteiger charge is -2.09. The van der Waals surface area contributed by atoms with Crippen molar-refractivity contribution in [1.29, 1.82) is 5.26 Å². The third kappa shape index (κ3) is 2.74. The summed E-state index contributed by atoms with van der Waals surface area (Å²) >= 11 is 5.91. The first-order chi connectivity index (χ1) is 9.45. The van der Waals surface area contributed by atoms with Crippen LogP contribution < -0.4 is 5.73 Å². The number of nitrogen functional groups attached to an aromatic ring is 1. The van der Waals surface area contributed by atoms with Gasteiger partial charge in [-0.05, 0) is 18.2 Å². The lowest BCUT2D eigenvalue weighted by molar-refractivity contribution is 0.595. The van der Waals surface area contributed by atoms with Gasteiger partial charge in [0, 0.05) is 11.8 Å².